The van der Waals surface area contributed by atoms with Gasteiger partial charge in [0.05, 0.1) is 15.6 Å². The normalized spacial score (nSPS) is 15.7. The SMILES string of the molecule is O=C(/C=C(\c1ccccc1)C(F)(F)F)N1CCN(c2ncc(Cl)cc2Cl)CC1. The van der Waals surface area contributed by atoms with Crippen LogP contribution in [0.2, 0.25) is 10.0 Å². The minimum absolute atomic E-state index is 0.0425. The fraction of sp³-hybridized carbons (Fsp3) is 0.263. The molecule has 0 spiro atoms. The van der Waals surface area contributed by atoms with E-state index in [9.17, 15) is 18.0 Å². The van der Waals surface area contributed by atoms with E-state index < -0.39 is 17.7 Å². The van der Waals surface area contributed by atoms with E-state index in [1.54, 1.807) is 12.1 Å². The number of hydrogen-bond donors (Lipinski definition) is 0. The molecule has 2 aromatic rings. The topological polar surface area (TPSA) is 36.4 Å². The molecular weight excluding hydrogens is 414 g/mol. The monoisotopic (exact) mass is 429 g/mol. The molecule has 4 nitrogen and oxygen atoms in total. The highest BCUT2D eigenvalue weighted by atomic mass is 35.5. The van der Waals surface area contributed by atoms with Crippen LogP contribution in [-0.2, 0) is 4.79 Å². The van der Waals surface area contributed by atoms with E-state index in [2.05, 4.69) is 4.98 Å². The Hall–Kier alpha value is -2.25. The number of aromatic nitrogens is 1. The molecule has 0 saturated carbocycles. The Bertz CT molecular complexity index is 880. The van der Waals surface area contributed by atoms with Crippen LogP contribution in [0.15, 0.2) is 48.7 Å². The molecule has 1 aliphatic heterocycles. The van der Waals surface area contributed by atoms with Crippen LogP contribution in [-0.4, -0.2) is 48.1 Å². The van der Waals surface area contributed by atoms with Gasteiger partial charge in [-0.2, -0.15) is 13.2 Å². The first kappa shape index (κ1) is 20.5. The summed E-state index contributed by atoms with van der Waals surface area (Å²) in [5, 5.41) is 0.795. The Labute approximate surface area is 170 Å². The second-order valence-corrected chi connectivity index (χ2v) is 7.04. The van der Waals surface area contributed by atoms with E-state index in [4.69, 9.17) is 23.2 Å². The number of pyridine rings is 1. The van der Waals surface area contributed by atoms with Gasteiger partial charge >= 0.3 is 6.18 Å². The van der Waals surface area contributed by atoms with Gasteiger partial charge in [-0.1, -0.05) is 53.5 Å². The number of amides is 1. The van der Waals surface area contributed by atoms with Gasteiger partial charge in [0, 0.05) is 38.5 Å². The first-order valence-corrected chi connectivity index (χ1v) is 9.20. The van der Waals surface area contributed by atoms with Crippen molar-refractivity contribution in [1.82, 2.24) is 9.88 Å². The molecule has 0 radical (unpaired) electrons. The molecule has 0 aliphatic carbocycles. The van der Waals surface area contributed by atoms with Gasteiger partial charge in [-0.05, 0) is 11.6 Å². The average molecular weight is 430 g/mol. The van der Waals surface area contributed by atoms with Gasteiger partial charge in [0.2, 0.25) is 5.91 Å². The summed E-state index contributed by atoms with van der Waals surface area (Å²) >= 11 is 12.0. The molecule has 0 bridgehead atoms. The van der Waals surface area contributed by atoms with Crippen molar-refractivity contribution >= 4 is 40.5 Å². The maximum absolute atomic E-state index is 13.4. The van der Waals surface area contributed by atoms with Crippen molar-refractivity contribution in [2.24, 2.45) is 0 Å². The zero-order valence-corrected chi connectivity index (χ0v) is 16.1. The molecule has 0 N–H and O–H groups in total. The van der Waals surface area contributed by atoms with Crippen molar-refractivity contribution in [1.29, 1.82) is 0 Å². The minimum Gasteiger partial charge on any atom is -0.352 e. The number of carbonyl (C=O) groups is 1. The summed E-state index contributed by atoms with van der Waals surface area (Å²) in [7, 11) is 0. The zero-order valence-electron chi connectivity index (χ0n) is 14.6. The molecule has 28 heavy (non-hydrogen) atoms. The van der Waals surface area contributed by atoms with Gasteiger partial charge in [-0.15, -0.1) is 0 Å². The van der Waals surface area contributed by atoms with Crippen LogP contribution >= 0.6 is 23.2 Å². The summed E-state index contributed by atoms with van der Waals surface area (Å²) < 4.78 is 40.2. The Kier molecular flexibility index (Phi) is 6.15. The van der Waals surface area contributed by atoms with Crippen molar-refractivity contribution in [3.05, 3.63) is 64.3 Å². The zero-order chi connectivity index (χ0) is 20.3. The third-order valence-electron chi connectivity index (χ3n) is 4.34. The van der Waals surface area contributed by atoms with E-state index in [1.165, 1.54) is 35.4 Å². The fourth-order valence-corrected chi connectivity index (χ4v) is 3.44. The number of nitrogens with zero attached hydrogens (tertiary/aromatic N) is 3. The highest BCUT2D eigenvalue weighted by Crippen LogP contribution is 2.34. The van der Waals surface area contributed by atoms with Gasteiger partial charge in [0.15, 0.2) is 0 Å². The number of rotatable bonds is 3. The van der Waals surface area contributed by atoms with E-state index in [-0.39, 0.29) is 18.7 Å². The van der Waals surface area contributed by atoms with Crippen LogP contribution in [0.4, 0.5) is 19.0 Å². The molecule has 9 heteroatoms. The predicted octanol–water partition coefficient (Wildman–Crippen LogP) is 4.68. The largest absolute Gasteiger partial charge is 0.417 e. The average Bonchev–Trinajstić information content (AvgIpc) is 2.66. The van der Waals surface area contributed by atoms with Crippen molar-refractivity contribution in [2.75, 3.05) is 31.1 Å². The van der Waals surface area contributed by atoms with Crippen LogP contribution in [0.25, 0.3) is 5.57 Å². The summed E-state index contributed by atoms with van der Waals surface area (Å²) in [6, 6.07) is 8.86. The highest BCUT2D eigenvalue weighted by molar-refractivity contribution is 6.36. The van der Waals surface area contributed by atoms with Gasteiger partial charge in [-0.25, -0.2) is 4.98 Å². The molecule has 148 valence electrons. The summed E-state index contributed by atoms with van der Waals surface area (Å²) in [4.78, 5) is 19.9. The molecule has 1 aromatic carbocycles. The van der Waals surface area contributed by atoms with Crippen molar-refractivity contribution in [3.8, 4) is 0 Å². The second kappa shape index (κ2) is 8.41. The first-order chi connectivity index (χ1) is 13.3. The molecule has 1 fully saturated rings. The Morgan fingerprint density at radius 1 is 1.07 bits per heavy atom. The van der Waals surface area contributed by atoms with Crippen molar-refractivity contribution < 1.29 is 18.0 Å². The molecular formula is C19H16Cl2F3N3O. The summed E-state index contributed by atoms with van der Waals surface area (Å²) in [6.07, 6.45) is -2.49. The number of carbonyl (C=O) groups excluding carboxylic acids is 1. The lowest BCUT2D eigenvalue weighted by Gasteiger charge is -2.35. The maximum atomic E-state index is 13.4. The van der Waals surface area contributed by atoms with Gasteiger partial charge in [0.1, 0.15) is 5.82 Å². The number of alkyl halides is 3. The molecule has 1 amide bonds. The van der Waals surface area contributed by atoms with E-state index in [0.717, 1.165) is 0 Å². The van der Waals surface area contributed by atoms with E-state index >= 15 is 0 Å². The summed E-state index contributed by atoms with van der Waals surface area (Å²) in [5.41, 5.74) is -0.998. The summed E-state index contributed by atoms with van der Waals surface area (Å²) in [5.74, 6) is -0.139. The van der Waals surface area contributed by atoms with E-state index in [1.807, 2.05) is 4.90 Å². The fourth-order valence-electron chi connectivity index (χ4n) is 2.94. The molecule has 0 atom stereocenters. The standard InChI is InChI=1S/C19H16Cl2F3N3O/c20-14-10-16(21)18(25-12-14)27-8-6-26(7-9-27)17(28)11-15(19(22,23)24)13-4-2-1-3-5-13/h1-5,10-12H,6-9H2/b15-11+. The molecule has 1 aliphatic rings. The van der Waals surface area contributed by atoms with Crippen LogP contribution in [0.1, 0.15) is 5.56 Å². The third-order valence-corrected chi connectivity index (χ3v) is 4.82. The van der Waals surface area contributed by atoms with Crippen LogP contribution < -0.4 is 4.90 Å². The van der Waals surface area contributed by atoms with Crippen molar-refractivity contribution in [2.45, 2.75) is 6.18 Å². The number of halogens is 5. The number of anilines is 1. The number of hydrogen-bond acceptors (Lipinski definition) is 3. The smallest absolute Gasteiger partial charge is 0.352 e. The minimum atomic E-state index is -4.63. The van der Waals surface area contributed by atoms with Gasteiger partial charge in [0.25, 0.3) is 0 Å². The Morgan fingerprint density at radius 2 is 1.71 bits per heavy atom. The highest BCUT2D eigenvalue weighted by Gasteiger charge is 2.36. The van der Waals surface area contributed by atoms with Crippen LogP contribution in [0.5, 0.6) is 0 Å². The van der Waals surface area contributed by atoms with Crippen LogP contribution in [0, 0.1) is 0 Å². The third kappa shape index (κ3) is 4.77. The Balaban J connectivity index is 1.72. The van der Waals surface area contributed by atoms with Crippen LogP contribution in [0.3, 0.4) is 0 Å². The predicted molar refractivity (Wildman–Crippen MR) is 104 cm³/mol. The molecule has 3 rings (SSSR count). The van der Waals surface area contributed by atoms with Gasteiger partial charge in [-0.3, -0.25) is 4.79 Å². The van der Waals surface area contributed by atoms with Gasteiger partial charge < -0.3 is 9.80 Å². The quantitative estimate of drug-likeness (QED) is 0.664. The number of allylic oxidation sites excluding steroid dienone is 1. The molecule has 0 unspecified atom stereocenters. The number of piperazine rings is 1. The molecule has 1 aromatic heterocycles. The first-order valence-electron chi connectivity index (χ1n) is 8.45. The van der Waals surface area contributed by atoms with Crippen molar-refractivity contribution in [3.63, 3.8) is 0 Å². The Morgan fingerprint density at radius 3 is 2.29 bits per heavy atom. The lowest BCUT2D eigenvalue weighted by molar-refractivity contribution is -0.126. The lowest BCUT2D eigenvalue weighted by atomic mass is 10.0. The second-order valence-electron chi connectivity index (χ2n) is 6.19. The molecule has 1 saturated heterocycles. The molecule has 2 heterocycles. The summed E-state index contributed by atoms with van der Waals surface area (Å²) in [6.45, 7) is 1.33. The number of benzene rings is 1. The maximum Gasteiger partial charge on any atom is 0.417 e. The van der Waals surface area contributed by atoms with E-state index in [0.29, 0.717) is 35.0 Å². The lowest BCUT2D eigenvalue weighted by Crippen LogP contribution is -2.48.